The van der Waals surface area contributed by atoms with Crippen LogP contribution in [0.1, 0.15) is 50.7 Å². The summed E-state index contributed by atoms with van der Waals surface area (Å²) in [6.07, 6.45) is 5.57. The summed E-state index contributed by atoms with van der Waals surface area (Å²) < 4.78 is 0. The lowest BCUT2D eigenvalue weighted by molar-refractivity contribution is 0.236. The van der Waals surface area contributed by atoms with Crippen LogP contribution < -0.4 is 5.32 Å². The second kappa shape index (κ2) is 7.06. The summed E-state index contributed by atoms with van der Waals surface area (Å²) in [6.45, 7) is 6.47. The summed E-state index contributed by atoms with van der Waals surface area (Å²) in [4.78, 5) is 2.54. The van der Waals surface area contributed by atoms with Gasteiger partial charge in [-0.05, 0) is 31.0 Å². The van der Waals surface area contributed by atoms with Crippen molar-refractivity contribution in [1.29, 1.82) is 0 Å². The molecule has 1 aromatic carbocycles. The molecule has 0 saturated heterocycles. The smallest absolute Gasteiger partial charge is 0.0236 e. The molecule has 0 radical (unpaired) electrons. The summed E-state index contributed by atoms with van der Waals surface area (Å²) in [6, 6.07) is 10.2. The standard InChI is InChI=1S/C17H28N2/c1-14(2)18-12-15-8-4-5-9-16(15)13-19(3)17-10-6-7-11-17/h4-5,8-9,14,17-18H,6-7,10-13H2,1-3H3. The Morgan fingerprint density at radius 1 is 1.16 bits per heavy atom. The molecule has 0 aromatic heterocycles. The van der Waals surface area contributed by atoms with Gasteiger partial charge in [0.05, 0.1) is 0 Å². The lowest BCUT2D eigenvalue weighted by Gasteiger charge is -2.25. The van der Waals surface area contributed by atoms with Crippen LogP contribution in [0, 0.1) is 0 Å². The maximum Gasteiger partial charge on any atom is 0.0236 e. The lowest BCUT2D eigenvalue weighted by Crippen LogP contribution is -2.29. The van der Waals surface area contributed by atoms with E-state index in [1.54, 1.807) is 0 Å². The Morgan fingerprint density at radius 3 is 2.42 bits per heavy atom. The van der Waals surface area contributed by atoms with Crippen molar-refractivity contribution >= 4 is 0 Å². The van der Waals surface area contributed by atoms with Crippen LogP contribution >= 0.6 is 0 Å². The third-order valence-electron chi connectivity index (χ3n) is 4.19. The van der Waals surface area contributed by atoms with E-state index in [1.165, 1.54) is 36.8 Å². The van der Waals surface area contributed by atoms with Crippen LogP contribution in [0.3, 0.4) is 0 Å². The van der Waals surface area contributed by atoms with Gasteiger partial charge in [-0.2, -0.15) is 0 Å². The zero-order valence-corrected chi connectivity index (χ0v) is 12.7. The predicted molar refractivity (Wildman–Crippen MR) is 82.1 cm³/mol. The van der Waals surface area contributed by atoms with E-state index < -0.39 is 0 Å². The quantitative estimate of drug-likeness (QED) is 0.841. The van der Waals surface area contributed by atoms with E-state index >= 15 is 0 Å². The van der Waals surface area contributed by atoms with Gasteiger partial charge in [0.2, 0.25) is 0 Å². The number of rotatable bonds is 6. The second-order valence-corrected chi connectivity index (χ2v) is 6.16. The molecule has 19 heavy (non-hydrogen) atoms. The summed E-state index contributed by atoms with van der Waals surface area (Å²) >= 11 is 0. The first-order valence-electron chi connectivity index (χ1n) is 7.67. The molecule has 2 rings (SSSR count). The molecule has 2 heteroatoms. The average Bonchev–Trinajstić information content (AvgIpc) is 2.91. The first-order valence-corrected chi connectivity index (χ1v) is 7.67. The normalized spacial score (nSPS) is 16.7. The van der Waals surface area contributed by atoms with E-state index in [9.17, 15) is 0 Å². The third kappa shape index (κ3) is 4.32. The Kier molecular flexibility index (Phi) is 5.41. The van der Waals surface area contributed by atoms with Crippen molar-refractivity contribution < 1.29 is 0 Å². The molecule has 0 bridgehead atoms. The molecule has 0 unspecified atom stereocenters. The van der Waals surface area contributed by atoms with Crippen LogP contribution in [0.25, 0.3) is 0 Å². The third-order valence-corrected chi connectivity index (χ3v) is 4.19. The molecule has 0 spiro atoms. The van der Waals surface area contributed by atoms with E-state index in [0.717, 1.165) is 19.1 Å². The Morgan fingerprint density at radius 2 is 1.79 bits per heavy atom. The fraction of sp³-hybridized carbons (Fsp3) is 0.647. The minimum absolute atomic E-state index is 0.542. The van der Waals surface area contributed by atoms with Gasteiger partial charge in [0.1, 0.15) is 0 Å². The van der Waals surface area contributed by atoms with Crippen LogP contribution in [-0.2, 0) is 13.1 Å². The maximum atomic E-state index is 3.53. The molecule has 1 aromatic rings. The summed E-state index contributed by atoms with van der Waals surface area (Å²) in [5, 5.41) is 3.53. The van der Waals surface area contributed by atoms with Crippen LogP contribution in [0.4, 0.5) is 0 Å². The number of hydrogen-bond donors (Lipinski definition) is 1. The van der Waals surface area contributed by atoms with E-state index in [2.05, 4.69) is 55.4 Å². The van der Waals surface area contributed by atoms with Gasteiger partial charge in [-0.1, -0.05) is 51.0 Å². The van der Waals surface area contributed by atoms with Crippen molar-refractivity contribution in [2.75, 3.05) is 7.05 Å². The van der Waals surface area contributed by atoms with Crippen LogP contribution in [0.15, 0.2) is 24.3 Å². The molecule has 2 nitrogen and oxygen atoms in total. The minimum atomic E-state index is 0.542. The molecule has 1 N–H and O–H groups in total. The number of nitrogens with zero attached hydrogens (tertiary/aromatic N) is 1. The average molecular weight is 260 g/mol. The molecule has 0 heterocycles. The van der Waals surface area contributed by atoms with Crippen LogP contribution in [0.2, 0.25) is 0 Å². The Bertz CT molecular complexity index is 381. The van der Waals surface area contributed by atoms with Crippen molar-refractivity contribution in [3.63, 3.8) is 0 Å². The zero-order valence-electron chi connectivity index (χ0n) is 12.7. The van der Waals surface area contributed by atoms with Gasteiger partial charge < -0.3 is 5.32 Å². The molecule has 1 fully saturated rings. The van der Waals surface area contributed by atoms with Gasteiger partial charge in [-0.3, -0.25) is 4.90 Å². The van der Waals surface area contributed by atoms with Gasteiger partial charge in [0.15, 0.2) is 0 Å². The van der Waals surface area contributed by atoms with Gasteiger partial charge in [0, 0.05) is 25.2 Å². The monoisotopic (exact) mass is 260 g/mol. The number of nitrogens with one attached hydrogen (secondary N) is 1. The molecule has 0 atom stereocenters. The van der Waals surface area contributed by atoms with E-state index in [-0.39, 0.29) is 0 Å². The van der Waals surface area contributed by atoms with Gasteiger partial charge in [0.25, 0.3) is 0 Å². The Hall–Kier alpha value is -0.860. The molecular formula is C17H28N2. The van der Waals surface area contributed by atoms with Crippen molar-refractivity contribution in [2.24, 2.45) is 0 Å². The maximum absolute atomic E-state index is 3.53. The fourth-order valence-corrected chi connectivity index (χ4v) is 2.94. The first-order chi connectivity index (χ1) is 9.16. The minimum Gasteiger partial charge on any atom is -0.310 e. The molecule has 0 amide bonds. The van der Waals surface area contributed by atoms with Crippen LogP contribution in [0.5, 0.6) is 0 Å². The van der Waals surface area contributed by atoms with E-state index in [1.807, 2.05) is 0 Å². The molecule has 0 aliphatic heterocycles. The predicted octanol–water partition coefficient (Wildman–Crippen LogP) is 3.56. The molecule has 106 valence electrons. The van der Waals surface area contributed by atoms with Crippen molar-refractivity contribution in [3.8, 4) is 0 Å². The van der Waals surface area contributed by atoms with E-state index in [0.29, 0.717) is 6.04 Å². The lowest BCUT2D eigenvalue weighted by atomic mass is 10.1. The Balaban J connectivity index is 1.98. The van der Waals surface area contributed by atoms with Crippen molar-refractivity contribution in [2.45, 2.75) is 64.7 Å². The summed E-state index contributed by atoms with van der Waals surface area (Å²) in [5.74, 6) is 0. The number of benzene rings is 1. The zero-order chi connectivity index (χ0) is 13.7. The Labute approximate surface area is 118 Å². The topological polar surface area (TPSA) is 15.3 Å². The highest BCUT2D eigenvalue weighted by Gasteiger charge is 2.19. The van der Waals surface area contributed by atoms with Gasteiger partial charge >= 0.3 is 0 Å². The molecule has 1 aliphatic carbocycles. The highest BCUT2D eigenvalue weighted by atomic mass is 15.1. The van der Waals surface area contributed by atoms with Gasteiger partial charge in [-0.25, -0.2) is 0 Å². The summed E-state index contributed by atoms with van der Waals surface area (Å²) in [7, 11) is 2.28. The van der Waals surface area contributed by atoms with Crippen molar-refractivity contribution in [3.05, 3.63) is 35.4 Å². The molecular weight excluding hydrogens is 232 g/mol. The SMILES string of the molecule is CC(C)NCc1ccccc1CN(C)C1CCCC1. The first kappa shape index (κ1) is 14.5. The highest BCUT2D eigenvalue weighted by Crippen LogP contribution is 2.24. The fourth-order valence-electron chi connectivity index (χ4n) is 2.94. The molecule has 1 saturated carbocycles. The van der Waals surface area contributed by atoms with Crippen molar-refractivity contribution in [1.82, 2.24) is 10.2 Å². The summed E-state index contributed by atoms with van der Waals surface area (Å²) in [5.41, 5.74) is 2.92. The van der Waals surface area contributed by atoms with E-state index in [4.69, 9.17) is 0 Å². The van der Waals surface area contributed by atoms with Gasteiger partial charge in [-0.15, -0.1) is 0 Å². The highest BCUT2D eigenvalue weighted by molar-refractivity contribution is 5.27. The second-order valence-electron chi connectivity index (χ2n) is 6.16. The van der Waals surface area contributed by atoms with Crippen LogP contribution in [-0.4, -0.2) is 24.0 Å². The number of hydrogen-bond acceptors (Lipinski definition) is 2. The molecule has 1 aliphatic rings. The largest absolute Gasteiger partial charge is 0.310 e.